The molecular formula is C60H65ClN4O13. The molecule has 0 bridgehead atoms. The predicted molar refractivity (Wildman–Crippen MR) is 290 cm³/mol. The molecule has 0 saturated carbocycles. The van der Waals surface area contributed by atoms with Gasteiger partial charge in [-0.3, -0.25) is 14.6 Å². The summed E-state index contributed by atoms with van der Waals surface area (Å²) >= 11 is 7.09. The molecule has 0 aliphatic carbocycles. The molecule has 2 aromatic heterocycles. The summed E-state index contributed by atoms with van der Waals surface area (Å²) in [6.07, 6.45) is -0.544. The number of Topliss-reactive ketones (excluding diaryl/α,β-unsaturated/α-hetero) is 1. The Labute approximate surface area is 458 Å². The first-order valence-corrected chi connectivity index (χ1v) is 26.3. The number of esters is 2. The van der Waals surface area contributed by atoms with Gasteiger partial charge in [0.25, 0.3) is 0 Å². The molecule has 2 amide bonds. The van der Waals surface area contributed by atoms with Gasteiger partial charge in [0.15, 0.2) is 11.5 Å². The molecule has 10 rings (SSSR count). The SMILES string of the molecule is COC(=O)[C@@H]1CC2(CC(=O)c3c(c(C)nc4ccc(OCc5ccccc5)cc34)O2)CN1C(=O)OC(C)(C)C.COC(=O)[C@@H]1CC2(CC(Cl)c3c(c(C)nc4ccc(OCc5ccccc5)cc34)O2)CN1C(=O)OC(C)(C)C. The molecule has 2 spiro atoms. The Morgan fingerprint density at radius 2 is 1.08 bits per heavy atom. The van der Waals surface area contributed by atoms with Gasteiger partial charge in [-0.1, -0.05) is 60.7 Å². The third-order valence-corrected chi connectivity index (χ3v) is 14.3. The molecule has 0 radical (unpaired) electrons. The summed E-state index contributed by atoms with van der Waals surface area (Å²) in [5, 5.41) is 1.04. The van der Waals surface area contributed by atoms with Gasteiger partial charge < -0.3 is 37.9 Å². The zero-order valence-corrected chi connectivity index (χ0v) is 46.4. The molecule has 0 N–H and O–H groups in total. The quantitative estimate of drug-likeness (QED) is 0.0794. The maximum absolute atomic E-state index is 13.8. The number of nitrogens with zero attached hydrogens (tertiary/aromatic N) is 4. The molecule has 4 aliphatic rings. The number of rotatable bonds is 8. The van der Waals surface area contributed by atoms with E-state index in [0.29, 0.717) is 70.5 Å². The van der Waals surface area contributed by atoms with Crippen LogP contribution in [-0.2, 0) is 41.8 Å². The Balaban J connectivity index is 0.000000190. The molecule has 2 fully saturated rings. The average Bonchev–Trinajstić information content (AvgIpc) is 4.10. The van der Waals surface area contributed by atoms with Gasteiger partial charge in [-0.2, -0.15) is 0 Å². The lowest BCUT2D eigenvalue weighted by molar-refractivity contribution is -0.146. The van der Waals surface area contributed by atoms with Gasteiger partial charge in [-0.15, -0.1) is 11.6 Å². The Bertz CT molecular complexity index is 3290. The summed E-state index contributed by atoms with van der Waals surface area (Å²) in [6.45, 7) is 15.2. The summed E-state index contributed by atoms with van der Waals surface area (Å²) in [5.74, 6) is 0.972. The van der Waals surface area contributed by atoms with E-state index in [1.165, 1.54) is 24.0 Å². The summed E-state index contributed by atoms with van der Waals surface area (Å²) in [5.41, 5.74) is 2.55. The number of hydrogen-bond donors (Lipinski definition) is 0. The topological polar surface area (TPSA) is 191 Å². The number of fused-ring (bicyclic) bond motifs is 6. The second kappa shape index (κ2) is 21.6. The van der Waals surface area contributed by atoms with E-state index in [9.17, 15) is 24.0 Å². The van der Waals surface area contributed by atoms with Crippen molar-refractivity contribution < 1.29 is 61.9 Å². The standard InChI is InChI=1S/C30H33ClN2O6.C30H32N2O7/c1-18-26-25(21-13-20(11-12-23(21)32-18)37-16-19-9-7-6-8-10-19)22(31)14-30(38-26)15-24(27(34)36-5)33(17-30)28(35)39-29(2,3)4;1-18-26-25(21-13-20(11-12-22(21)31-18)37-16-19-9-7-6-8-10-19)24(33)15-30(38-26)14-23(27(34)36-5)32(17-30)28(35)39-29(2,3)4/h6-13,22,24H,14-17H2,1-5H3;6-13,23H,14-17H2,1-5H3/t22?,24-,30?;23-,30?/m00/s1. The van der Waals surface area contributed by atoms with Crippen LogP contribution in [0.15, 0.2) is 97.1 Å². The fraction of sp³-hybridized carbons (Fsp3) is 0.417. The van der Waals surface area contributed by atoms with Crippen molar-refractivity contribution in [2.75, 3.05) is 27.3 Å². The molecule has 6 heterocycles. The van der Waals surface area contributed by atoms with Crippen LogP contribution in [0.5, 0.6) is 23.0 Å². The number of halogens is 1. The highest BCUT2D eigenvalue weighted by atomic mass is 35.5. The molecule has 4 aliphatic heterocycles. The minimum Gasteiger partial charge on any atom is -0.489 e. The molecule has 78 heavy (non-hydrogen) atoms. The number of amides is 2. The number of aromatic nitrogens is 2. The van der Waals surface area contributed by atoms with Crippen LogP contribution in [0.3, 0.4) is 0 Å². The number of carbonyl (C=O) groups excluding carboxylic acids is 5. The van der Waals surface area contributed by atoms with Gasteiger partial charge in [0.2, 0.25) is 0 Å². The number of carbonyl (C=O) groups is 5. The second-order valence-corrected chi connectivity index (χ2v) is 22.8. The predicted octanol–water partition coefficient (Wildman–Crippen LogP) is 11.1. The first kappa shape index (κ1) is 55.1. The number of benzene rings is 4. The number of likely N-dealkylation sites (tertiary alicyclic amines) is 2. The fourth-order valence-electron chi connectivity index (χ4n) is 10.6. The molecule has 6 aromatic rings. The van der Waals surface area contributed by atoms with Gasteiger partial charge >= 0.3 is 24.1 Å². The number of ether oxygens (including phenoxy) is 8. The van der Waals surface area contributed by atoms with Gasteiger partial charge in [-0.05, 0) is 103 Å². The lowest BCUT2D eigenvalue weighted by Gasteiger charge is -2.38. The third kappa shape index (κ3) is 11.8. The van der Waals surface area contributed by atoms with E-state index >= 15 is 0 Å². The van der Waals surface area contributed by atoms with E-state index in [1.807, 2.05) is 104 Å². The normalized spacial score (nSPS) is 21.4. The molecular weight excluding hydrogens is 1020 g/mol. The maximum Gasteiger partial charge on any atom is 0.411 e. The van der Waals surface area contributed by atoms with Crippen molar-refractivity contribution in [3.05, 3.63) is 131 Å². The average molecular weight is 1090 g/mol. The van der Waals surface area contributed by atoms with E-state index in [2.05, 4.69) is 4.98 Å². The molecule has 17 nitrogen and oxygen atoms in total. The smallest absolute Gasteiger partial charge is 0.411 e. The zero-order chi connectivity index (χ0) is 55.9. The van der Waals surface area contributed by atoms with Crippen molar-refractivity contribution >= 4 is 63.3 Å². The minimum atomic E-state index is -1.11. The first-order valence-electron chi connectivity index (χ1n) is 25.9. The Morgan fingerprint density at radius 3 is 1.58 bits per heavy atom. The number of pyridine rings is 2. The number of aryl methyl sites for hydroxylation is 2. The molecule has 3 unspecified atom stereocenters. The van der Waals surface area contributed by atoms with Gasteiger partial charge in [-0.25, -0.2) is 29.1 Å². The fourth-order valence-corrected chi connectivity index (χ4v) is 11.1. The van der Waals surface area contributed by atoms with Crippen LogP contribution in [0.25, 0.3) is 21.8 Å². The van der Waals surface area contributed by atoms with Gasteiger partial charge in [0.05, 0.1) is 67.1 Å². The molecule has 5 atom stereocenters. The monoisotopic (exact) mass is 1080 g/mol. The van der Waals surface area contributed by atoms with Crippen molar-refractivity contribution in [3.63, 3.8) is 0 Å². The number of methoxy groups -OCH3 is 2. The first-order chi connectivity index (χ1) is 37.0. The van der Waals surface area contributed by atoms with Crippen LogP contribution in [0, 0.1) is 13.8 Å². The largest absolute Gasteiger partial charge is 0.489 e. The minimum absolute atomic E-state index is 0.00453. The molecule has 2 saturated heterocycles. The lowest BCUT2D eigenvalue weighted by atomic mass is 9.86. The highest BCUT2D eigenvalue weighted by Crippen LogP contribution is 2.52. The van der Waals surface area contributed by atoms with E-state index in [1.54, 1.807) is 48.5 Å². The summed E-state index contributed by atoms with van der Waals surface area (Å²) in [6, 6.07) is 29.2. The van der Waals surface area contributed by atoms with Crippen LogP contribution in [0.4, 0.5) is 9.59 Å². The lowest BCUT2D eigenvalue weighted by Crippen LogP contribution is -2.47. The number of ketones is 1. The van der Waals surface area contributed by atoms with Crippen LogP contribution < -0.4 is 18.9 Å². The van der Waals surface area contributed by atoms with Gasteiger partial charge in [0, 0.05) is 35.6 Å². The number of hydrogen-bond acceptors (Lipinski definition) is 15. The van der Waals surface area contributed by atoms with Crippen molar-refractivity contribution in [3.8, 4) is 23.0 Å². The van der Waals surface area contributed by atoms with Crippen molar-refractivity contribution in [1.82, 2.24) is 19.8 Å². The highest BCUT2D eigenvalue weighted by Gasteiger charge is 2.57. The summed E-state index contributed by atoms with van der Waals surface area (Å²) in [4.78, 5) is 77.3. The highest BCUT2D eigenvalue weighted by molar-refractivity contribution is 6.22. The Kier molecular flexibility index (Phi) is 15.3. The van der Waals surface area contributed by atoms with Crippen LogP contribution >= 0.6 is 11.6 Å². The van der Waals surface area contributed by atoms with E-state index in [0.717, 1.165) is 27.6 Å². The summed E-state index contributed by atoms with van der Waals surface area (Å²) in [7, 11) is 2.57. The third-order valence-electron chi connectivity index (χ3n) is 14.0. The van der Waals surface area contributed by atoms with Crippen LogP contribution in [0.1, 0.15) is 111 Å². The van der Waals surface area contributed by atoms with E-state index < -0.39 is 64.0 Å². The van der Waals surface area contributed by atoms with E-state index in [-0.39, 0.29) is 38.1 Å². The number of alkyl halides is 1. The van der Waals surface area contributed by atoms with Crippen LogP contribution in [0.2, 0.25) is 0 Å². The molecule has 18 heteroatoms. The van der Waals surface area contributed by atoms with Crippen molar-refractivity contribution in [1.29, 1.82) is 0 Å². The van der Waals surface area contributed by atoms with Crippen molar-refractivity contribution in [2.45, 2.75) is 134 Å². The van der Waals surface area contributed by atoms with Crippen molar-refractivity contribution in [2.24, 2.45) is 0 Å². The summed E-state index contributed by atoms with van der Waals surface area (Å²) < 4.78 is 46.3. The molecule has 410 valence electrons. The van der Waals surface area contributed by atoms with Crippen LogP contribution in [-0.4, -0.2) is 111 Å². The molecule has 4 aromatic carbocycles. The Hall–Kier alpha value is -7.66. The van der Waals surface area contributed by atoms with E-state index in [4.69, 9.17) is 54.5 Å². The van der Waals surface area contributed by atoms with Gasteiger partial charge in [0.1, 0.15) is 65.0 Å². The zero-order valence-electron chi connectivity index (χ0n) is 45.6. The Morgan fingerprint density at radius 1 is 0.628 bits per heavy atom. The maximum atomic E-state index is 13.8. The second-order valence-electron chi connectivity index (χ2n) is 22.3.